The van der Waals surface area contributed by atoms with E-state index in [1.807, 2.05) is 0 Å². The standard InChI is InChI=1S/C19H29NO/c1-12-13(2)21-14(3)18(12)19(20-4)17-10-8-16(9-11-17)15-6-5-7-15/h8-15,18-20H,5-7H2,1-4H3. The molecule has 0 bridgehead atoms. The number of rotatable bonds is 4. The molecule has 1 aromatic rings. The highest BCUT2D eigenvalue weighted by Gasteiger charge is 2.41. The zero-order chi connectivity index (χ0) is 15.0. The summed E-state index contributed by atoms with van der Waals surface area (Å²) in [6.07, 6.45) is 4.82. The van der Waals surface area contributed by atoms with Crippen molar-refractivity contribution < 1.29 is 4.74 Å². The lowest BCUT2D eigenvalue weighted by molar-refractivity contribution is 0.0478. The monoisotopic (exact) mass is 287 g/mol. The van der Waals surface area contributed by atoms with Gasteiger partial charge in [0.25, 0.3) is 0 Å². The Labute approximate surface area is 129 Å². The second kappa shape index (κ2) is 6.10. The van der Waals surface area contributed by atoms with Gasteiger partial charge in [-0.25, -0.2) is 0 Å². The molecule has 1 aliphatic heterocycles. The molecule has 3 rings (SSSR count). The summed E-state index contributed by atoms with van der Waals surface area (Å²) in [7, 11) is 2.08. The maximum Gasteiger partial charge on any atom is 0.0600 e. The second-order valence-corrected chi connectivity index (χ2v) is 7.04. The molecule has 2 heteroatoms. The quantitative estimate of drug-likeness (QED) is 0.892. The number of nitrogens with one attached hydrogen (secondary N) is 1. The fourth-order valence-corrected chi connectivity index (χ4v) is 4.17. The van der Waals surface area contributed by atoms with Gasteiger partial charge < -0.3 is 10.1 Å². The van der Waals surface area contributed by atoms with Crippen LogP contribution in [0.15, 0.2) is 24.3 Å². The number of benzene rings is 1. The van der Waals surface area contributed by atoms with Crippen molar-refractivity contribution >= 4 is 0 Å². The fourth-order valence-electron chi connectivity index (χ4n) is 4.17. The Bertz CT molecular complexity index is 465. The molecule has 0 radical (unpaired) electrons. The van der Waals surface area contributed by atoms with Gasteiger partial charge in [0.1, 0.15) is 0 Å². The van der Waals surface area contributed by atoms with Gasteiger partial charge in [0.05, 0.1) is 12.2 Å². The molecule has 5 unspecified atom stereocenters. The van der Waals surface area contributed by atoms with Gasteiger partial charge in [0.2, 0.25) is 0 Å². The van der Waals surface area contributed by atoms with Gasteiger partial charge in [-0.1, -0.05) is 37.6 Å². The SMILES string of the molecule is CNC(c1ccc(C2CCC2)cc1)C1C(C)OC(C)C1C. The average molecular weight is 287 g/mol. The van der Waals surface area contributed by atoms with Crippen molar-refractivity contribution in [1.82, 2.24) is 5.32 Å². The third-order valence-corrected chi connectivity index (χ3v) is 5.89. The normalized spacial score (nSPS) is 34.7. The van der Waals surface area contributed by atoms with Crippen LogP contribution in [0.3, 0.4) is 0 Å². The van der Waals surface area contributed by atoms with Gasteiger partial charge >= 0.3 is 0 Å². The molecule has 1 N–H and O–H groups in total. The summed E-state index contributed by atoms with van der Waals surface area (Å²) in [5.74, 6) is 1.95. The number of hydrogen-bond donors (Lipinski definition) is 1. The van der Waals surface area contributed by atoms with Gasteiger partial charge in [-0.3, -0.25) is 0 Å². The van der Waals surface area contributed by atoms with Crippen LogP contribution in [0.4, 0.5) is 0 Å². The van der Waals surface area contributed by atoms with Crippen molar-refractivity contribution in [2.45, 2.75) is 64.2 Å². The van der Waals surface area contributed by atoms with Crippen LogP contribution >= 0.6 is 0 Å². The Morgan fingerprint density at radius 3 is 2.14 bits per heavy atom. The van der Waals surface area contributed by atoms with Crippen LogP contribution in [0.2, 0.25) is 0 Å². The molecule has 5 atom stereocenters. The Morgan fingerprint density at radius 1 is 1.05 bits per heavy atom. The van der Waals surface area contributed by atoms with E-state index in [2.05, 4.69) is 57.4 Å². The van der Waals surface area contributed by atoms with E-state index in [1.54, 1.807) is 0 Å². The molecule has 1 aliphatic carbocycles. The molecular formula is C19H29NO. The minimum absolute atomic E-state index is 0.318. The number of hydrogen-bond acceptors (Lipinski definition) is 2. The van der Waals surface area contributed by atoms with Crippen molar-refractivity contribution in [3.8, 4) is 0 Å². The summed E-state index contributed by atoms with van der Waals surface area (Å²) >= 11 is 0. The minimum atomic E-state index is 0.318. The zero-order valence-corrected chi connectivity index (χ0v) is 13.8. The van der Waals surface area contributed by atoms with E-state index in [4.69, 9.17) is 4.74 Å². The molecule has 1 saturated carbocycles. The molecule has 2 aliphatic rings. The van der Waals surface area contributed by atoms with Crippen molar-refractivity contribution in [2.24, 2.45) is 11.8 Å². The van der Waals surface area contributed by atoms with Gasteiger partial charge in [0.15, 0.2) is 0 Å². The first-order valence-electron chi connectivity index (χ1n) is 8.54. The highest BCUT2D eigenvalue weighted by molar-refractivity contribution is 5.29. The van der Waals surface area contributed by atoms with Gasteiger partial charge in [-0.2, -0.15) is 0 Å². The molecule has 2 fully saturated rings. The van der Waals surface area contributed by atoms with E-state index in [-0.39, 0.29) is 0 Å². The van der Waals surface area contributed by atoms with Gasteiger partial charge in [-0.15, -0.1) is 0 Å². The van der Waals surface area contributed by atoms with Crippen molar-refractivity contribution in [3.05, 3.63) is 35.4 Å². The lowest BCUT2D eigenvalue weighted by Crippen LogP contribution is -2.33. The van der Waals surface area contributed by atoms with E-state index in [1.165, 1.54) is 30.4 Å². The summed E-state index contributed by atoms with van der Waals surface area (Å²) in [5.41, 5.74) is 2.93. The minimum Gasteiger partial charge on any atom is -0.375 e. The molecule has 0 spiro atoms. The summed E-state index contributed by atoms with van der Waals surface area (Å²) in [6, 6.07) is 9.74. The summed E-state index contributed by atoms with van der Waals surface area (Å²) in [5, 5.41) is 3.54. The third-order valence-electron chi connectivity index (χ3n) is 5.89. The van der Waals surface area contributed by atoms with Gasteiger partial charge in [0, 0.05) is 12.0 Å². The Morgan fingerprint density at radius 2 is 1.71 bits per heavy atom. The van der Waals surface area contributed by atoms with Crippen molar-refractivity contribution in [3.63, 3.8) is 0 Å². The predicted molar refractivity (Wildman–Crippen MR) is 87.5 cm³/mol. The topological polar surface area (TPSA) is 21.3 Å². The molecule has 1 heterocycles. The van der Waals surface area contributed by atoms with Crippen LogP contribution in [0, 0.1) is 11.8 Å². The van der Waals surface area contributed by atoms with Crippen LogP contribution in [0.5, 0.6) is 0 Å². The smallest absolute Gasteiger partial charge is 0.0600 e. The molecule has 21 heavy (non-hydrogen) atoms. The predicted octanol–water partition coefficient (Wildman–Crippen LogP) is 4.27. The molecule has 116 valence electrons. The summed E-state index contributed by atoms with van der Waals surface area (Å²) < 4.78 is 6.04. The summed E-state index contributed by atoms with van der Waals surface area (Å²) in [4.78, 5) is 0. The Balaban J connectivity index is 1.79. The molecule has 0 amide bonds. The highest BCUT2D eigenvalue weighted by Crippen LogP contribution is 2.41. The van der Waals surface area contributed by atoms with E-state index < -0.39 is 0 Å². The van der Waals surface area contributed by atoms with Gasteiger partial charge in [-0.05, 0) is 56.7 Å². The average Bonchev–Trinajstić information content (AvgIpc) is 2.66. The zero-order valence-electron chi connectivity index (χ0n) is 13.8. The molecule has 1 aromatic carbocycles. The van der Waals surface area contributed by atoms with Crippen molar-refractivity contribution in [2.75, 3.05) is 7.05 Å². The first kappa shape index (κ1) is 15.1. The first-order valence-corrected chi connectivity index (χ1v) is 8.54. The van der Waals surface area contributed by atoms with E-state index in [9.17, 15) is 0 Å². The highest BCUT2D eigenvalue weighted by atomic mass is 16.5. The number of ether oxygens (including phenoxy) is 1. The van der Waals surface area contributed by atoms with Crippen LogP contribution in [-0.2, 0) is 4.74 Å². The van der Waals surface area contributed by atoms with E-state index >= 15 is 0 Å². The largest absolute Gasteiger partial charge is 0.375 e. The van der Waals surface area contributed by atoms with E-state index in [0.29, 0.717) is 30.1 Å². The van der Waals surface area contributed by atoms with Crippen LogP contribution < -0.4 is 5.32 Å². The van der Waals surface area contributed by atoms with Crippen molar-refractivity contribution in [1.29, 1.82) is 0 Å². The fraction of sp³-hybridized carbons (Fsp3) is 0.684. The Kier molecular flexibility index (Phi) is 4.37. The van der Waals surface area contributed by atoms with E-state index in [0.717, 1.165) is 5.92 Å². The molecule has 0 aromatic heterocycles. The second-order valence-electron chi connectivity index (χ2n) is 7.04. The first-order chi connectivity index (χ1) is 10.1. The Hall–Kier alpha value is -0.860. The maximum absolute atomic E-state index is 6.04. The summed E-state index contributed by atoms with van der Waals surface area (Å²) in [6.45, 7) is 6.75. The lowest BCUT2D eigenvalue weighted by Gasteiger charge is -2.30. The molecular weight excluding hydrogens is 258 g/mol. The lowest BCUT2D eigenvalue weighted by atomic mass is 9.78. The van der Waals surface area contributed by atoms with Crippen LogP contribution in [-0.4, -0.2) is 19.3 Å². The van der Waals surface area contributed by atoms with Crippen LogP contribution in [0.25, 0.3) is 0 Å². The molecule has 1 saturated heterocycles. The van der Waals surface area contributed by atoms with Crippen LogP contribution in [0.1, 0.15) is 63.1 Å². The maximum atomic E-state index is 6.04. The molecule has 2 nitrogen and oxygen atoms in total. The third kappa shape index (κ3) is 2.76.